The van der Waals surface area contributed by atoms with Crippen molar-refractivity contribution in [2.45, 2.75) is 20.3 Å². The van der Waals surface area contributed by atoms with E-state index in [-0.39, 0.29) is 19.1 Å². The Morgan fingerprint density at radius 1 is 1.35 bits per heavy atom. The van der Waals surface area contributed by atoms with Crippen LogP contribution in [0.25, 0.3) is 0 Å². The summed E-state index contributed by atoms with van der Waals surface area (Å²) in [6.45, 7) is 4.91. The third-order valence-electron chi connectivity index (χ3n) is 2.93. The van der Waals surface area contributed by atoms with Crippen LogP contribution in [0.1, 0.15) is 17.5 Å². The average Bonchev–Trinajstić information content (AvgIpc) is 2.44. The monoisotopic (exact) mass is 297 g/mol. The van der Waals surface area contributed by atoms with Crippen LogP contribution in [0.5, 0.6) is 5.75 Å². The zero-order valence-electron chi connectivity index (χ0n) is 12.1. The lowest BCUT2D eigenvalue weighted by atomic mass is 10.1. The van der Waals surface area contributed by atoms with Gasteiger partial charge in [0.15, 0.2) is 6.61 Å². The van der Waals surface area contributed by atoms with E-state index in [1.165, 1.54) is 0 Å². The van der Waals surface area contributed by atoms with Crippen molar-refractivity contribution in [2.24, 2.45) is 0 Å². The van der Waals surface area contributed by atoms with Crippen LogP contribution in [0.4, 0.5) is 0 Å². The van der Waals surface area contributed by atoms with Crippen LogP contribution < -0.4 is 10.1 Å². The standard InChI is InChI=1S/C15H23NO3S/c1-12-5-3-6-14(13(12)2)19-11-15(18)16-7-10-20-9-4-8-17/h3,5-6,17H,4,7-11H2,1-2H3,(H,16,18). The number of amides is 1. The van der Waals surface area contributed by atoms with Gasteiger partial charge in [-0.15, -0.1) is 0 Å². The second-order valence-corrected chi connectivity index (χ2v) is 5.75. The van der Waals surface area contributed by atoms with Gasteiger partial charge < -0.3 is 15.2 Å². The van der Waals surface area contributed by atoms with Crippen LogP contribution in [0, 0.1) is 13.8 Å². The van der Waals surface area contributed by atoms with E-state index in [1.54, 1.807) is 11.8 Å². The number of rotatable bonds is 9. The first-order chi connectivity index (χ1) is 9.65. The molecular weight excluding hydrogens is 274 g/mol. The molecule has 0 aromatic heterocycles. The molecule has 1 aromatic carbocycles. The molecule has 0 bridgehead atoms. The Labute approximate surface area is 124 Å². The van der Waals surface area contributed by atoms with Crippen molar-refractivity contribution in [1.82, 2.24) is 5.32 Å². The maximum Gasteiger partial charge on any atom is 0.257 e. The molecule has 4 nitrogen and oxygen atoms in total. The van der Waals surface area contributed by atoms with Gasteiger partial charge in [-0.2, -0.15) is 11.8 Å². The van der Waals surface area contributed by atoms with E-state index in [1.807, 2.05) is 32.0 Å². The second kappa shape index (κ2) is 9.66. The van der Waals surface area contributed by atoms with Gasteiger partial charge in [-0.1, -0.05) is 12.1 Å². The molecule has 0 heterocycles. The molecule has 0 aliphatic rings. The smallest absolute Gasteiger partial charge is 0.257 e. The molecule has 0 unspecified atom stereocenters. The van der Waals surface area contributed by atoms with Crippen molar-refractivity contribution in [2.75, 3.05) is 31.3 Å². The van der Waals surface area contributed by atoms with E-state index in [4.69, 9.17) is 9.84 Å². The van der Waals surface area contributed by atoms with Crippen LogP contribution in [-0.2, 0) is 4.79 Å². The van der Waals surface area contributed by atoms with E-state index < -0.39 is 0 Å². The normalized spacial score (nSPS) is 10.3. The Morgan fingerprint density at radius 2 is 2.15 bits per heavy atom. The second-order valence-electron chi connectivity index (χ2n) is 4.53. The predicted molar refractivity (Wildman–Crippen MR) is 83.4 cm³/mol. The highest BCUT2D eigenvalue weighted by molar-refractivity contribution is 7.99. The summed E-state index contributed by atoms with van der Waals surface area (Å²) in [5, 5.41) is 11.4. The van der Waals surface area contributed by atoms with Crippen LogP contribution in [0.3, 0.4) is 0 Å². The summed E-state index contributed by atoms with van der Waals surface area (Å²) in [6.07, 6.45) is 0.800. The highest BCUT2D eigenvalue weighted by Crippen LogP contribution is 2.20. The molecule has 0 saturated carbocycles. The molecule has 1 amide bonds. The topological polar surface area (TPSA) is 58.6 Å². The molecule has 1 aromatic rings. The SMILES string of the molecule is Cc1cccc(OCC(=O)NCCSCCCO)c1C. The summed E-state index contributed by atoms with van der Waals surface area (Å²) in [6, 6.07) is 5.82. The van der Waals surface area contributed by atoms with Crippen molar-refractivity contribution in [3.05, 3.63) is 29.3 Å². The summed E-state index contributed by atoms with van der Waals surface area (Å²) in [5.74, 6) is 2.44. The maximum atomic E-state index is 11.6. The van der Waals surface area contributed by atoms with Gasteiger partial charge in [-0.3, -0.25) is 4.79 Å². The van der Waals surface area contributed by atoms with Gasteiger partial charge in [0.2, 0.25) is 0 Å². The lowest BCUT2D eigenvalue weighted by Gasteiger charge is -2.11. The number of thioether (sulfide) groups is 1. The van der Waals surface area contributed by atoms with Gasteiger partial charge in [0, 0.05) is 18.9 Å². The Hall–Kier alpha value is -1.20. The number of benzene rings is 1. The summed E-state index contributed by atoms with van der Waals surface area (Å²) in [4.78, 5) is 11.6. The molecule has 0 aliphatic heterocycles. The number of hydrogen-bond donors (Lipinski definition) is 2. The summed E-state index contributed by atoms with van der Waals surface area (Å²) >= 11 is 1.72. The number of aryl methyl sites for hydroxylation is 1. The van der Waals surface area contributed by atoms with Gasteiger partial charge in [0.25, 0.3) is 5.91 Å². The number of carbonyl (C=O) groups is 1. The number of hydrogen-bond acceptors (Lipinski definition) is 4. The molecule has 0 aliphatic carbocycles. The molecule has 0 saturated heterocycles. The molecular formula is C15H23NO3S. The molecule has 1 rings (SSSR count). The van der Waals surface area contributed by atoms with Gasteiger partial charge >= 0.3 is 0 Å². The zero-order chi connectivity index (χ0) is 14.8. The summed E-state index contributed by atoms with van der Waals surface area (Å²) in [5.41, 5.74) is 2.23. The zero-order valence-corrected chi connectivity index (χ0v) is 13.0. The van der Waals surface area contributed by atoms with Gasteiger partial charge in [-0.25, -0.2) is 0 Å². The molecule has 20 heavy (non-hydrogen) atoms. The Balaban J connectivity index is 2.18. The first-order valence-corrected chi connectivity index (χ1v) is 7.95. The molecule has 0 atom stereocenters. The minimum absolute atomic E-state index is 0.0472. The number of aliphatic hydroxyl groups is 1. The minimum atomic E-state index is -0.103. The fourth-order valence-corrected chi connectivity index (χ4v) is 2.39. The molecule has 112 valence electrons. The highest BCUT2D eigenvalue weighted by Gasteiger charge is 2.05. The highest BCUT2D eigenvalue weighted by atomic mass is 32.2. The molecule has 0 spiro atoms. The van der Waals surface area contributed by atoms with E-state index in [0.717, 1.165) is 34.8 Å². The van der Waals surface area contributed by atoms with Crippen LogP contribution >= 0.6 is 11.8 Å². The van der Waals surface area contributed by atoms with Crippen molar-refractivity contribution >= 4 is 17.7 Å². The fourth-order valence-electron chi connectivity index (χ4n) is 1.61. The van der Waals surface area contributed by atoms with Crippen molar-refractivity contribution in [1.29, 1.82) is 0 Å². The fraction of sp³-hybridized carbons (Fsp3) is 0.533. The van der Waals surface area contributed by atoms with E-state index >= 15 is 0 Å². The van der Waals surface area contributed by atoms with Crippen LogP contribution in [-0.4, -0.2) is 42.3 Å². The summed E-state index contributed by atoms with van der Waals surface area (Å²) < 4.78 is 5.52. The average molecular weight is 297 g/mol. The quantitative estimate of drug-likeness (QED) is 0.684. The van der Waals surface area contributed by atoms with Crippen LogP contribution in [0.2, 0.25) is 0 Å². The largest absolute Gasteiger partial charge is 0.483 e. The van der Waals surface area contributed by atoms with Gasteiger partial charge in [0.1, 0.15) is 5.75 Å². The number of aliphatic hydroxyl groups excluding tert-OH is 1. The van der Waals surface area contributed by atoms with E-state index in [9.17, 15) is 4.79 Å². The van der Waals surface area contributed by atoms with Crippen molar-refractivity contribution in [3.8, 4) is 5.75 Å². The Morgan fingerprint density at radius 3 is 2.90 bits per heavy atom. The van der Waals surface area contributed by atoms with Crippen LogP contribution in [0.15, 0.2) is 18.2 Å². The Bertz CT molecular complexity index is 424. The number of nitrogens with one attached hydrogen (secondary N) is 1. The van der Waals surface area contributed by atoms with E-state index in [2.05, 4.69) is 5.32 Å². The molecule has 5 heteroatoms. The van der Waals surface area contributed by atoms with Crippen molar-refractivity contribution < 1.29 is 14.6 Å². The van der Waals surface area contributed by atoms with E-state index in [0.29, 0.717) is 6.54 Å². The first-order valence-electron chi connectivity index (χ1n) is 6.79. The molecule has 2 N–H and O–H groups in total. The number of ether oxygens (including phenoxy) is 1. The van der Waals surface area contributed by atoms with Gasteiger partial charge in [-0.05, 0) is 43.2 Å². The molecule has 0 radical (unpaired) electrons. The van der Waals surface area contributed by atoms with Gasteiger partial charge in [0.05, 0.1) is 0 Å². The lowest BCUT2D eigenvalue weighted by Crippen LogP contribution is -2.30. The van der Waals surface area contributed by atoms with Crippen molar-refractivity contribution in [3.63, 3.8) is 0 Å². The maximum absolute atomic E-state index is 11.6. The third kappa shape index (κ3) is 6.30. The Kier molecular flexibility index (Phi) is 8.14. The molecule has 0 fully saturated rings. The minimum Gasteiger partial charge on any atom is -0.483 e. The predicted octanol–water partition coefficient (Wildman–Crippen LogP) is 1.91. The summed E-state index contributed by atoms with van der Waals surface area (Å²) in [7, 11) is 0. The third-order valence-corrected chi connectivity index (χ3v) is 4.00. The number of carbonyl (C=O) groups excluding carboxylic acids is 1. The lowest BCUT2D eigenvalue weighted by molar-refractivity contribution is -0.122. The first kappa shape index (κ1) is 16.9.